The maximum absolute atomic E-state index is 13.2. The average Bonchev–Trinajstić information content (AvgIpc) is 2.88. The molecule has 4 saturated heterocycles. The Balaban J connectivity index is 1.40. The number of likely N-dealkylation sites (tertiary alicyclic amines) is 2. The van der Waals surface area contributed by atoms with Gasteiger partial charge in [-0.15, -0.1) is 0 Å². The van der Waals surface area contributed by atoms with Crippen LogP contribution in [-0.4, -0.2) is 95.7 Å². The summed E-state index contributed by atoms with van der Waals surface area (Å²) in [6.07, 6.45) is 7.35. The quantitative estimate of drug-likeness (QED) is 0.482. The van der Waals surface area contributed by atoms with E-state index >= 15 is 0 Å². The highest BCUT2D eigenvalue weighted by Crippen LogP contribution is 2.44. The predicted molar refractivity (Wildman–Crippen MR) is 140 cm³/mol. The number of unbranched alkanes of at least 4 members (excludes halogenated alkanes) is 1. The summed E-state index contributed by atoms with van der Waals surface area (Å²) in [4.78, 5) is 35.9. The first-order valence-electron chi connectivity index (χ1n) is 14.3. The molecule has 0 aliphatic carbocycles. The maximum Gasteiger partial charge on any atom is 0.410 e. The molecule has 37 heavy (non-hydrogen) atoms. The van der Waals surface area contributed by atoms with Crippen molar-refractivity contribution < 1.29 is 23.8 Å². The van der Waals surface area contributed by atoms with Crippen LogP contribution in [0.2, 0.25) is 0 Å². The van der Waals surface area contributed by atoms with Crippen LogP contribution in [0.4, 0.5) is 9.59 Å². The summed E-state index contributed by atoms with van der Waals surface area (Å²) in [5.41, 5.74) is -1.57. The highest BCUT2D eigenvalue weighted by Gasteiger charge is 2.55. The smallest absolute Gasteiger partial charge is 0.410 e. The van der Waals surface area contributed by atoms with Crippen LogP contribution in [0.5, 0.6) is 0 Å². The van der Waals surface area contributed by atoms with E-state index in [0.717, 1.165) is 64.6 Å². The molecule has 208 valence electrons. The van der Waals surface area contributed by atoms with Crippen molar-refractivity contribution in [2.24, 2.45) is 5.92 Å². The van der Waals surface area contributed by atoms with Gasteiger partial charge in [-0.25, -0.2) is 21.1 Å². The first-order chi connectivity index (χ1) is 17.6. The van der Waals surface area contributed by atoms with Crippen LogP contribution in [0.1, 0.15) is 85.5 Å². The molecule has 1 atom stereocenters. The lowest BCUT2D eigenvalue weighted by molar-refractivity contribution is -0.140. The van der Waals surface area contributed by atoms with Gasteiger partial charge in [0.2, 0.25) is 0 Å². The maximum atomic E-state index is 13.2. The number of amides is 2. The van der Waals surface area contributed by atoms with E-state index in [1.54, 1.807) is 4.90 Å². The molecule has 2 amide bonds. The van der Waals surface area contributed by atoms with Gasteiger partial charge in [0.1, 0.15) is 11.2 Å². The van der Waals surface area contributed by atoms with E-state index in [2.05, 4.69) is 16.7 Å². The fraction of sp³-hybridized carbons (Fsp3) is 0.893. The van der Waals surface area contributed by atoms with Gasteiger partial charge in [-0.05, 0) is 40.0 Å². The molecule has 0 bridgehead atoms. The summed E-state index contributed by atoms with van der Waals surface area (Å²) in [6.45, 7) is 20.6. The van der Waals surface area contributed by atoms with Crippen molar-refractivity contribution in [3.8, 4) is 0 Å². The van der Waals surface area contributed by atoms with Crippen LogP contribution in [0.25, 0.3) is 4.85 Å². The highest BCUT2D eigenvalue weighted by molar-refractivity contribution is 5.70. The minimum absolute atomic E-state index is 0.168. The van der Waals surface area contributed by atoms with Gasteiger partial charge in [0.15, 0.2) is 0 Å². The average molecular weight is 519 g/mol. The zero-order valence-corrected chi connectivity index (χ0v) is 23.3. The van der Waals surface area contributed by atoms with Crippen LogP contribution >= 0.6 is 0 Å². The van der Waals surface area contributed by atoms with Gasteiger partial charge in [0, 0.05) is 70.7 Å². The van der Waals surface area contributed by atoms with Crippen molar-refractivity contribution in [3.05, 3.63) is 11.4 Å². The SMILES string of the molecule is [C-]#[N+]C1(N2CCC3(CC2)OC(=O)N(C2CCOCC2)C[C@@H]3CCCC)CCN(C(=O)OC(C)(C)C)CC1. The molecule has 9 heteroatoms. The molecule has 0 unspecified atom stereocenters. The van der Waals surface area contributed by atoms with Gasteiger partial charge in [-0.1, -0.05) is 19.8 Å². The second kappa shape index (κ2) is 11.4. The van der Waals surface area contributed by atoms with Crippen molar-refractivity contribution in [2.45, 2.75) is 108 Å². The zero-order valence-electron chi connectivity index (χ0n) is 23.3. The van der Waals surface area contributed by atoms with E-state index in [9.17, 15) is 9.59 Å². The van der Waals surface area contributed by atoms with Crippen LogP contribution in [-0.2, 0) is 14.2 Å². The molecule has 0 aromatic rings. The van der Waals surface area contributed by atoms with E-state index < -0.39 is 16.9 Å². The van der Waals surface area contributed by atoms with Gasteiger partial charge >= 0.3 is 12.2 Å². The standard InChI is InChI=1S/C28H46N4O5/c1-6-7-8-22-21-32(23-9-19-35-20-10-23)25(34)37-27(22)11-17-31(18-12-27)28(29-5)13-15-30(16-14-28)24(33)36-26(2,3)4/h22-23H,6-21H2,1-4H3/t22-/m0/s1. The monoisotopic (exact) mass is 518 g/mol. The fourth-order valence-electron chi connectivity index (χ4n) is 6.58. The minimum Gasteiger partial charge on any atom is -0.444 e. The van der Waals surface area contributed by atoms with Gasteiger partial charge in [0.25, 0.3) is 5.66 Å². The van der Waals surface area contributed by atoms with Crippen molar-refractivity contribution >= 4 is 12.2 Å². The van der Waals surface area contributed by atoms with E-state index in [1.165, 1.54) is 0 Å². The first-order valence-corrected chi connectivity index (χ1v) is 14.3. The minimum atomic E-state index is -0.605. The molecule has 4 aliphatic heterocycles. The number of nitrogens with zero attached hydrogens (tertiary/aromatic N) is 4. The second-order valence-corrected chi connectivity index (χ2v) is 12.3. The normalized spacial score (nSPS) is 27.0. The Morgan fingerprint density at radius 2 is 1.76 bits per heavy atom. The Labute approximate surface area is 222 Å². The molecular formula is C28H46N4O5. The third-order valence-electron chi connectivity index (χ3n) is 8.85. The molecule has 1 spiro atoms. The van der Waals surface area contributed by atoms with Gasteiger partial charge < -0.3 is 24.0 Å². The Morgan fingerprint density at radius 3 is 2.32 bits per heavy atom. The van der Waals surface area contributed by atoms with Crippen molar-refractivity contribution in [1.82, 2.24) is 14.7 Å². The lowest BCUT2D eigenvalue weighted by Gasteiger charge is -2.53. The van der Waals surface area contributed by atoms with Crippen molar-refractivity contribution in [3.63, 3.8) is 0 Å². The number of carbonyl (C=O) groups excluding carboxylic acids is 2. The number of piperidine rings is 2. The Kier molecular flexibility index (Phi) is 8.59. The number of hydrogen-bond acceptors (Lipinski definition) is 6. The van der Waals surface area contributed by atoms with Gasteiger partial charge in [0.05, 0.1) is 12.8 Å². The topological polar surface area (TPSA) is 75.9 Å². The summed E-state index contributed by atoms with van der Waals surface area (Å²) in [5.74, 6) is 0.313. The fourth-order valence-corrected chi connectivity index (χ4v) is 6.58. The van der Waals surface area contributed by atoms with Gasteiger partial charge in [-0.3, -0.25) is 4.85 Å². The summed E-state index contributed by atoms with van der Waals surface area (Å²) < 4.78 is 17.4. The van der Waals surface area contributed by atoms with Crippen LogP contribution < -0.4 is 0 Å². The molecule has 0 aromatic heterocycles. The summed E-state index contributed by atoms with van der Waals surface area (Å²) in [6, 6.07) is 0.211. The van der Waals surface area contributed by atoms with Crippen LogP contribution in [0.15, 0.2) is 0 Å². The molecule has 9 nitrogen and oxygen atoms in total. The molecule has 4 rings (SSSR count). The Bertz CT molecular complexity index is 844. The number of ether oxygens (including phenoxy) is 3. The molecule has 4 aliphatic rings. The molecule has 0 radical (unpaired) electrons. The molecule has 0 aromatic carbocycles. The molecule has 0 saturated carbocycles. The highest BCUT2D eigenvalue weighted by atomic mass is 16.6. The third kappa shape index (κ3) is 6.17. The van der Waals surface area contributed by atoms with Gasteiger partial charge in [-0.2, -0.15) is 0 Å². The summed E-state index contributed by atoms with van der Waals surface area (Å²) >= 11 is 0. The molecule has 0 N–H and O–H groups in total. The van der Waals surface area contributed by atoms with E-state index in [4.69, 9.17) is 20.8 Å². The number of rotatable bonds is 5. The predicted octanol–water partition coefficient (Wildman–Crippen LogP) is 4.91. The van der Waals surface area contributed by atoms with Crippen LogP contribution in [0.3, 0.4) is 0 Å². The van der Waals surface area contributed by atoms with E-state index in [1.807, 2.05) is 25.7 Å². The lowest BCUT2D eigenvalue weighted by atomic mass is 9.74. The molecule has 4 fully saturated rings. The third-order valence-corrected chi connectivity index (χ3v) is 8.85. The Morgan fingerprint density at radius 1 is 1.11 bits per heavy atom. The molecule has 4 heterocycles. The van der Waals surface area contributed by atoms with Crippen molar-refractivity contribution in [1.29, 1.82) is 0 Å². The summed E-state index contributed by atoms with van der Waals surface area (Å²) in [5, 5.41) is 0. The zero-order chi connectivity index (χ0) is 26.7. The van der Waals surface area contributed by atoms with Crippen molar-refractivity contribution in [2.75, 3.05) is 45.9 Å². The largest absolute Gasteiger partial charge is 0.444 e. The first kappa shape index (κ1) is 28.0. The summed E-state index contributed by atoms with van der Waals surface area (Å²) in [7, 11) is 0. The second-order valence-electron chi connectivity index (χ2n) is 12.3. The van der Waals surface area contributed by atoms with Crippen LogP contribution in [0, 0.1) is 12.5 Å². The Hall–Kier alpha value is -2.05. The lowest BCUT2D eigenvalue weighted by Crippen LogP contribution is -2.64. The number of hydrogen-bond donors (Lipinski definition) is 0. The molecular weight excluding hydrogens is 472 g/mol. The van der Waals surface area contributed by atoms with E-state index in [-0.39, 0.29) is 18.2 Å². The van der Waals surface area contributed by atoms with E-state index in [0.29, 0.717) is 45.1 Å². The number of carbonyl (C=O) groups is 2.